The first kappa shape index (κ1) is 17.0. The lowest BCUT2D eigenvalue weighted by molar-refractivity contribution is 0.0675. The molecule has 0 bridgehead atoms. The lowest BCUT2D eigenvalue weighted by Crippen LogP contribution is -2.37. The molecule has 4 heterocycles. The molecule has 1 amide bonds. The van der Waals surface area contributed by atoms with E-state index in [0.29, 0.717) is 24.5 Å². The van der Waals surface area contributed by atoms with Crippen molar-refractivity contribution in [2.75, 3.05) is 11.9 Å². The Balaban J connectivity index is 1.20. The zero-order valence-electron chi connectivity index (χ0n) is 15.4. The number of nitrogens with one attached hydrogen (secondary N) is 4. The Bertz CT molecular complexity index is 1010. The first-order chi connectivity index (χ1) is 13.6. The van der Waals surface area contributed by atoms with Crippen molar-refractivity contribution in [1.82, 2.24) is 30.5 Å². The van der Waals surface area contributed by atoms with E-state index in [9.17, 15) is 4.79 Å². The Labute approximate surface area is 160 Å². The largest absolute Gasteiger partial charge is 0.444 e. The second-order valence-electron chi connectivity index (χ2n) is 7.56. The van der Waals surface area contributed by atoms with Crippen molar-refractivity contribution in [2.24, 2.45) is 0 Å². The third-order valence-electron chi connectivity index (χ3n) is 5.17. The van der Waals surface area contributed by atoms with Gasteiger partial charge in [-0.25, -0.2) is 14.8 Å². The van der Waals surface area contributed by atoms with E-state index in [1.807, 2.05) is 19.1 Å². The van der Waals surface area contributed by atoms with Crippen LogP contribution in [0.25, 0.3) is 11.2 Å². The maximum Gasteiger partial charge on any atom is 0.407 e. The van der Waals surface area contributed by atoms with Crippen LogP contribution in [0.3, 0.4) is 0 Å². The SMILES string of the molecule is CC1(NC(=O)OC2COC(c3cc(Nc4ccnc5nc[nH]c45)n[nH]3)C2)CC1. The Morgan fingerprint density at radius 1 is 1.39 bits per heavy atom. The quantitative estimate of drug-likeness (QED) is 0.533. The minimum absolute atomic E-state index is 0.0904. The minimum atomic E-state index is -0.373. The molecule has 28 heavy (non-hydrogen) atoms. The van der Waals surface area contributed by atoms with Crippen molar-refractivity contribution < 1.29 is 14.3 Å². The van der Waals surface area contributed by atoms with Gasteiger partial charge in [0.05, 0.1) is 24.3 Å². The van der Waals surface area contributed by atoms with Crippen LogP contribution in [-0.4, -0.2) is 49.5 Å². The van der Waals surface area contributed by atoms with E-state index in [1.165, 1.54) is 0 Å². The summed E-state index contributed by atoms with van der Waals surface area (Å²) in [5.74, 6) is 0.657. The molecule has 10 heteroatoms. The van der Waals surface area contributed by atoms with Gasteiger partial charge in [-0.15, -0.1) is 0 Å². The first-order valence-electron chi connectivity index (χ1n) is 9.29. The number of hydrogen-bond acceptors (Lipinski definition) is 7. The van der Waals surface area contributed by atoms with E-state index >= 15 is 0 Å². The molecular formula is C18H21N7O3. The molecule has 0 spiro atoms. The molecule has 4 N–H and O–H groups in total. The number of alkyl carbamates (subject to hydrolysis) is 1. The number of aromatic amines is 2. The maximum absolute atomic E-state index is 12.0. The number of anilines is 2. The summed E-state index contributed by atoms with van der Waals surface area (Å²) in [4.78, 5) is 23.4. The highest BCUT2D eigenvalue weighted by molar-refractivity contribution is 5.86. The highest BCUT2D eigenvalue weighted by Crippen LogP contribution is 2.35. The number of aromatic nitrogens is 5. The topological polar surface area (TPSA) is 130 Å². The summed E-state index contributed by atoms with van der Waals surface area (Å²) < 4.78 is 11.3. The average molecular weight is 383 g/mol. The van der Waals surface area contributed by atoms with E-state index in [1.54, 1.807) is 12.5 Å². The van der Waals surface area contributed by atoms with E-state index < -0.39 is 0 Å². The number of amides is 1. The molecule has 1 saturated heterocycles. The summed E-state index contributed by atoms with van der Waals surface area (Å²) in [5.41, 5.74) is 3.02. The van der Waals surface area contributed by atoms with Crippen molar-refractivity contribution in [3.8, 4) is 0 Å². The summed E-state index contributed by atoms with van der Waals surface area (Å²) in [6.07, 6.45) is 5.04. The lowest BCUT2D eigenvalue weighted by atomic mass is 10.1. The summed E-state index contributed by atoms with van der Waals surface area (Å²) in [5, 5.41) is 13.4. The van der Waals surface area contributed by atoms with E-state index in [4.69, 9.17) is 9.47 Å². The van der Waals surface area contributed by atoms with Gasteiger partial charge in [-0.05, 0) is 25.8 Å². The van der Waals surface area contributed by atoms with Gasteiger partial charge in [0.25, 0.3) is 0 Å². The zero-order chi connectivity index (χ0) is 19.1. The number of imidazole rings is 1. The molecule has 1 aliphatic heterocycles. The van der Waals surface area contributed by atoms with Gasteiger partial charge in [0, 0.05) is 24.2 Å². The minimum Gasteiger partial charge on any atom is -0.444 e. The summed E-state index contributed by atoms with van der Waals surface area (Å²) in [6.45, 7) is 2.39. The van der Waals surface area contributed by atoms with E-state index in [2.05, 4.69) is 35.8 Å². The van der Waals surface area contributed by atoms with Gasteiger partial charge in [-0.1, -0.05) is 0 Å². The predicted molar refractivity (Wildman–Crippen MR) is 100 cm³/mol. The highest BCUT2D eigenvalue weighted by Gasteiger charge is 2.40. The molecule has 2 unspecified atom stereocenters. The van der Waals surface area contributed by atoms with Crippen LogP contribution in [0.15, 0.2) is 24.7 Å². The number of rotatable bonds is 5. The second-order valence-corrected chi connectivity index (χ2v) is 7.56. The van der Waals surface area contributed by atoms with Gasteiger partial charge in [-0.3, -0.25) is 5.10 Å². The Morgan fingerprint density at radius 2 is 2.29 bits per heavy atom. The van der Waals surface area contributed by atoms with E-state index in [0.717, 1.165) is 29.7 Å². The number of fused-ring (bicyclic) bond motifs is 1. The molecule has 146 valence electrons. The van der Waals surface area contributed by atoms with Gasteiger partial charge < -0.3 is 25.1 Å². The lowest BCUT2D eigenvalue weighted by Gasteiger charge is -2.15. The Hall–Kier alpha value is -3.14. The van der Waals surface area contributed by atoms with Crippen LogP contribution < -0.4 is 10.6 Å². The molecule has 10 nitrogen and oxygen atoms in total. The standard InChI is InChI=1S/C18H21N7O3/c1-18(3-4-18)23-17(26)28-10-6-13(27-8-10)12-7-14(25-24-12)22-11-2-5-19-16-15(11)20-9-21-16/h2,5,7,9-10,13H,3-4,6,8H2,1H3,(H,23,26)(H3,19,20,21,22,24,25). The third-order valence-corrected chi connectivity index (χ3v) is 5.17. The molecule has 2 aliphatic rings. The van der Waals surface area contributed by atoms with E-state index in [-0.39, 0.29) is 23.8 Å². The normalized spacial score (nSPS) is 22.9. The van der Waals surface area contributed by atoms with Gasteiger partial charge >= 0.3 is 6.09 Å². The van der Waals surface area contributed by atoms with Crippen LogP contribution in [-0.2, 0) is 9.47 Å². The van der Waals surface area contributed by atoms with Crippen LogP contribution in [0, 0.1) is 0 Å². The molecule has 0 aromatic carbocycles. The van der Waals surface area contributed by atoms with Crippen molar-refractivity contribution >= 4 is 28.8 Å². The fourth-order valence-electron chi connectivity index (χ4n) is 3.29. The average Bonchev–Trinajstić information content (AvgIpc) is 3.13. The van der Waals surface area contributed by atoms with Crippen LogP contribution in [0.1, 0.15) is 38.0 Å². The fraction of sp³-hybridized carbons (Fsp3) is 0.444. The van der Waals surface area contributed by atoms with Crippen molar-refractivity contribution in [2.45, 2.75) is 43.9 Å². The van der Waals surface area contributed by atoms with Gasteiger partial charge in [0.2, 0.25) is 0 Å². The van der Waals surface area contributed by atoms with Crippen LogP contribution >= 0.6 is 0 Å². The smallest absolute Gasteiger partial charge is 0.407 e. The molecule has 3 aromatic rings. The molecule has 3 aromatic heterocycles. The Morgan fingerprint density at radius 3 is 3.14 bits per heavy atom. The number of carbonyl (C=O) groups excluding carboxylic acids is 1. The maximum atomic E-state index is 12.0. The van der Waals surface area contributed by atoms with Gasteiger partial charge in [0.1, 0.15) is 17.7 Å². The first-order valence-corrected chi connectivity index (χ1v) is 9.29. The van der Waals surface area contributed by atoms with Crippen molar-refractivity contribution in [3.05, 3.63) is 30.4 Å². The van der Waals surface area contributed by atoms with Crippen molar-refractivity contribution in [1.29, 1.82) is 0 Å². The summed E-state index contributed by atoms with van der Waals surface area (Å²) in [7, 11) is 0. The second kappa shape index (κ2) is 6.48. The van der Waals surface area contributed by atoms with Gasteiger partial charge in [0.15, 0.2) is 11.5 Å². The molecule has 1 saturated carbocycles. The molecule has 0 radical (unpaired) electrons. The number of hydrogen-bond donors (Lipinski definition) is 4. The molecular weight excluding hydrogens is 362 g/mol. The van der Waals surface area contributed by atoms with Crippen LogP contribution in [0.2, 0.25) is 0 Å². The summed E-state index contributed by atoms with van der Waals surface area (Å²) >= 11 is 0. The number of carbonyl (C=O) groups is 1. The Kier molecular flexibility index (Phi) is 3.93. The van der Waals surface area contributed by atoms with Crippen molar-refractivity contribution in [3.63, 3.8) is 0 Å². The fourth-order valence-corrected chi connectivity index (χ4v) is 3.29. The molecule has 2 atom stereocenters. The molecule has 1 aliphatic carbocycles. The zero-order valence-corrected chi connectivity index (χ0v) is 15.4. The monoisotopic (exact) mass is 383 g/mol. The third kappa shape index (κ3) is 3.38. The predicted octanol–water partition coefficient (Wildman–Crippen LogP) is 2.53. The number of H-pyrrole nitrogens is 2. The molecule has 5 rings (SSSR count). The van der Waals surface area contributed by atoms with Crippen LogP contribution in [0.4, 0.5) is 16.3 Å². The molecule has 2 fully saturated rings. The number of nitrogens with zero attached hydrogens (tertiary/aromatic N) is 3. The number of pyridine rings is 1. The summed E-state index contributed by atoms with van der Waals surface area (Å²) in [6, 6.07) is 3.74. The van der Waals surface area contributed by atoms with Gasteiger partial charge in [-0.2, -0.15) is 5.10 Å². The number of ether oxygens (including phenoxy) is 2. The van der Waals surface area contributed by atoms with Crippen LogP contribution in [0.5, 0.6) is 0 Å². The highest BCUT2D eigenvalue weighted by atomic mass is 16.6.